The van der Waals surface area contributed by atoms with E-state index in [1.807, 2.05) is 23.1 Å². The largest absolute Gasteiger partial charge is 0.496 e. The first kappa shape index (κ1) is 62.8. The molecule has 21 heteroatoms. The number of aliphatic carboxylic acids is 1. The summed E-state index contributed by atoms with van der Waals surface area (Å²) in [6, 6.07) is 18.5. The lowest BCUT2D eigenvalue weighted by Crippen LogP contribution is -2.42. The average Bonchev–Trinajstić information content (AvgIpc) is 4.17. The number of ether oxygens (including phenoxy) is 6. The molecule has 6 aromatic rings. The number of carbonyl (C=O) groups is 4. The van der Waals surface area contributed by atoms with E-state index in [2.05, 4.69) is 65.4 Å². The van der Waals surface area contributed by atoms with Gasteiger partial charge in [-0.25, -0.2) is 19.6 Å². The first-order chi connectivity index (χ1) is 38.8. The number of benzene rings is 2. The number of pyridine rings is 2. The number of methoxy groups -OCH3 is 4. The van der Waals surface area contributed by atoms with Crippen LogP contribution in [0.2, 0.25) is 0 Å². The zero-order valence-electron chi connectivity index (χ0n) is 48.9. The first-order valence-corrected chi connectivity index (χ1v) is 27.9. The monoisotopic (exact) mass is 1120 g/mol. The van der Waals surface area contributed by atoms with Gasteiger partial charge in [-0.05, 0) is 123 Å². The van der Waals surface area contributed by atoms with E-state index in [1.165, 1.54) is 43.7 Å². The topological polar surface area (TPSA) is 245 Å². The zero-order chi connectivity index (χ0) is 58.5. The predicted molar refractivity (Wildman–Crippen MR) is 309 cm³/mol. The molecule has 2 fully saturated rings. The number of piperidine rings is 2. The Morgan fingerprint density at radius 2 is 1.15 bits per heavy atom. The molecule has 2 aliphatic heterocycles. The highest BCUT2D eigenvalue weighted by Gasteiger charge is 2.33. The van der Waals surface area contributed by atoms with Crippen molar-refractivity contribution in [1.29, 1.82) is 0 Å². The molecule has 0 radical (unpaired) electrons. The Labute approximate surface area is 475 Å². The van der Waals surface area contributed by atoms with E-state index < -0.39 is 41.4 Å². The number of aryl methyl sites for hydroxylation is 2. The minimum absolute atomic E-state index is 0.0538. The molecule has 4 aromatic heterocycles. The van der Waals surface area contributed by atoms with Gasteiger partial charge in [-0.15, -0.1) is 0 Å². The minimum Gasteiger partial charge on any atom is -0.496 e. The Hall–Kier alpha value is -7.36. The number of hydrogen-bond acceptors (Lipinski definition) is 15. The summed E-state index contributed by atoms with van der Waals surface area (Å²) in [4.78, 5) is 69.2. The number of carbonyl (C=O) groups excluding carboxylic acids is 3. The fourth-order valence-corrected chi connectivity index (χ4v) is 10.0. The fraction of sp³-hybridized carbons (Fsp3) is 0.533. The van der Waals surface area contributed by atoms with Crippen LogP contribution >= 0.6 is 0 Å². The highest BCUT2D eigenvalue weighted by atomic mass is 16.6. The van der Waals surface area contributed by atoms with Gasteiger partial charge in [0, 0.05) is 108 Å². The SMILES string of the molecule is COCCCn1c([C@@H]2CCCN(C(=O)C[C@H](NC(=O)OC(C)(C)C)c3cnccc3OC)C2)nc2ccccc21.COCCCn1c([C@@H]2CCCNC2)nc2ccccc21.COc1ccncc1[C@H](CC(=O)O)NC(=O)OC(C)(C)C. The minimum atomic E-state index is -1.05. The maximum absolute atomic E-state index is 13.7. The predicted octanol–water partition coefficient (Wildman–Crippen LogP) is 9.51. The molecular weight excluding hydrogens is 1040 g/mol. The normalized spacial score (nSPS) is 16.2. The molecule has 0 saturated carbocycles. The van der Waals surface area contributed by atoms with Crippen molar-refractivity contribution >= 4 is 46.1 Å². The molecular formula is C60H84N10O11. The van der Waals surface area contributed by atoms with Crippen molar-refractivity contribution in [2.45, 2.75) is 141 Å². The second-order valence-corrected chi connectivity index (χ2v) is 22.1. The Morgan fingerprint density at radius 3 is 1.60 bits per heavy atom. The van der Waals surface area contributed by atoms with Crippen LogP contribution in [0.4, 0.5) is 9.59 Å². The molecule has 0 unspecified atom stereocenters. The van der Waals surface area contributed by atoms with Crippen molar-refractivity contribution in [1.82, 2.24) is 49.9 Å². The van der Waals surface area contributed by atoms with Crippen molar-refractivity contribution in [3.63, 3.8) is 0 Å². The Bertz CT molecular complexity index is 2960. The van der Waals surface area contributed by atoms with Crippen LogP contribution in [0, 0.1) is 0 Å². The number of nitrogens with zero attached hydrogens (tertiary/aromatic N) is 7. The summed E-state index contributed by atoms with van der Waals surface area (Å²) in [5.74, 6) is 2.79. The molecule has 2 aromatic carbocycles. The number of nitrogens with one attached hydrogen (secondary N) is 3. The highest BCUT2D eigenvalue weighted by molar-refractivity contribution is 5.80. The number of aromatic nitrogens is 6. The highest BCUT2D eigenvalue weighted by Crippen LogP contribution is 2.33. The van der Waals surface area contributed by atoms with Crippen molar-refractivity contribution < 1.29 is 52.7 Å². The van der Waals surface area contributed by atoms with Gasteiger partial charge in [0.2, 0.25) is 5.91 Å². The number of likely N-dealkylation sites (tertiary alicyclic amines) is 1. The molecule has 3 amide bonds. The molecule has 0 spiro atoms. The van der Waals surface area contributed by atoms with Gasteiger partial charge in [-0.2, -0.15) is 0 Å². The summed E-state index contributed by atoms with van der Waals surface area (Å²) in [5.41, 5.74) is 4.19. The molecule has 4 atom stereocenters. The van der Waals surface area contributed by atoms with Gasteiger partial charge < -0.3 is 63.5 Å². The molecule has 0 bridgehead atoms. The van der Waals surface area contributed by atoms with Gasteiger partial charge in [-0.3, -0.25) is 19.6 Å². The summed E-state index contributed by atoms with van der Waals surface area (Å²) >= 11 is 0. The number of carboxylic acids is 1. The van der Waals surface area contributed by atoms with Gasteiger partial charge in [0.05, 0.1) is 61.2 Å². The molecule has 4 N–H and O–H groups in total. The van der Waals surface area contributed by atoms with Gasteiger partial charge in [0.15, 0.2) is 0 Å². The van der Waals surface area contributed by atoms with Crippen molar-refractivity contribution in [3.8, 4) is 11.5 Å². The summed E-state index contributed by atoms with van der Waals surface area (Å²) < 4.78 is 36.5. The summed E-state index contributed by atoms with van der Waals surface area (Å²) in [5, 5.41) is 17.9. The molecule has 2 aliphatic rings. The van der Waals surface area contributed by atoms with Crippen molar-refractivity contribution in [2.75, 3.05) is 67.8 Å². The van der Waals surface area contributed by atoms with Crippen LogP contribution in [0.1, 0.15) is 140 Å². The van der Waals surface area contributed by atoms with E-state index in [0.717, 1.165) is 80.8 Å². The van der Waals surface area contributed by atoms with Gasteiger partial charge in [0.25, 0.3) is 0 Å². The number of imidazole rings is 2. The lowest BCUT2D eigenvalue weighted by Gasteiger charge is -2.34. The molecule has 8 rings (SSSR count). The van der Waals surface area contributed by atoms with Crippen LogP contribution in [0.3, 0.4) is 0 Å². The molecule has 440 valence electrons. The lowest BCUT2D eigenvalue weighted by atomic mass is 9.95. The third-order valence-corrected chi connectivity index (χ3v) is 13.6. The number of carboxylic acid groups (broad SMARTS) is 1. The maximum atomic E-state index is 13.7. The van der Waals surface area contributed by atoms with Crippen LogP contribution in [0.5, 0.6) is 11.5 Å². The van der Waals surface area contributed by atoms with Gasteiger partial charge in [-0.1, -0.05) is 24.3 Å². The average molecular weight is 1120 g/mol. The zero-order valence-corrected chi connectivity index (χ0v) is 48.9. The van der Waals surface area contributed by atoms with E-state index in [4.69, 9.17) is 43.5 Å². The quantitative estimate of drug-likeness (QED) is 0.0520. The molecule has 21 nitrogen and oxygen atoms in total. The fourth-order valence-electron chi connectivity index (χ4n) is 10.0. The standard InChI is InChI=1S/C30H41N5O5.C16H23N3O.C14H20N2O5/c1-30(2,3)40-29(37)33-24(22-19-31-14-13-26(22)39-5)18-27(36)34-15-8-10-21(20-34)28-32-23-11-6-7-12-25(23)35(28)16-9-17-38-4;1-20-11-5-10-19-15-8-3-2-7-14(15)18-16(19)13-6-4-9-17-12-13;1-14(2,3)21-13(19)16-10(7-12(17)18)9-8-15-6-5-11(9)20-4/h6-7,11-14,19,21,24H,8-10,15-18,20H2,1-5H3,(H,33,37);2-3,7-8,13,17H,4-6,9-12H2,1H3;5-6,8,10H,7H2,1-4H3,(H,16,19)(H,17,18)/t21-,24+;13-;10-/m110/s1. The van der Waals surface area contributed by atoms with Gasteiger partial charge >= 0.3 is 18.2 Å². The van der Waals surface area contributed by atoms with Crippen LogP contribution in [-0.4, -0.2) is 142 Å². The molecule has 81 heavy (non-hydrogen) atoms. The summed E-state index contributed by atoms with van der Waals surface area (Å²) in [6.07, 6.45) is 10.9. The number of para-hydroxylation sites is 4. The lowest BCUT2D eigenvalue weighted by molar-refractivity contribution is -0.137. The van der Waals surface area contributed by atoms with Crippen LogP contribution < -0.4 is 25.4 Å². The second-order valence-electron chi connectivity index (χ2n) is 22.1. The Balaban J connectivity index is 0.000000216. The number of amides is 3. The van der Waals surface area contributed by atoms with Gasteiger partial charge in [0.1, 0.15) is 34.3 Å². The van der Waals surface area contributed by atoms with E-state index in [9.17, 15) is 19.2 Å². The number of rotatable bonds is 20. The van der Waals surface area contributed by atoms with E-state index >= 15 is 0 Å². The number of hydrogen-bond donors (Lipinski definition) is 4. The van der Waals surface area contributed by atoms with Crippen LogP contribution in [-0.2, 0) is 41.6 Å². The maximum Gasteiger partial charge on any atom is 0.408 e. The Kier molecular flexibility index (Phi) is 23.6. The van der Waals surface area contributed by atoms with E-state index in [-0.39, 0.29) is 24.7 Å². The number of fused-ring (bicyclic) bond motifs is 2. The smallest absolute Gasteiger partial charge is 0.408 e. The summed E-state index contributed by atoms with van der Waals surface area (Å²) in [7, 11) is 6.49. The van der Waals surface area contributed by atoms with E-state index in [0.29, 0.717) is 48.2 Å². The van der Waals surface area contributed by atoms with Crippen LogP contribution in [0.25, 0.3) is 22.1 Å². The van der Waals surface area contributed by atoms with Crippen molar-refractivity contribution in [2.24, 2.45) is 0 Å². The Morgan fingerprint density at radius 1 is 0.667 bits per heavy atom. The summed E-state index contributed by atoms with van der Waals surface area (Å²) in [6.45, 7) is 17.2. The molecule has 0 aliphatic carbocycles. The first-order valence-electron chi connectivity index (χ1n) is 27.9. The third kappa shape index (κ3) is 18.9. The molecule has 6 heterocycles. The number of alkyl carbamates (subject to hydrolysis) is 2. The second kappa shape index (κ2) is 30.5. The van der Waals surface area contributed by atoms with E-state index in [1.54, 1.807) is 87.4 Å². The van der Waals surface area contributed by atoms with Crippen molar-refractivity contribution in [3.05, 3.63) is 108 Å². The van der Waals surface area contributed by atoms with Crippen LogP contribution in [0.15, 0.2) is 85.5 Å². The third-order valence-electron chi connectivity index (χ3n) is 13.6. The molecule has 2 saturated heterocycles.